The zero-order chi connectivity index (χ0) is 13.1. The minimum Gasteiger partial charge on any atom is -0.394 e. The highest BCUT2D eigenvalue weighted by molar-refractivity contribution is 7.98. The van der Waals surface area contributed by atoms with E-state index in [1.807, 2.05) is 18.4 Å². The topological polar surface area (TPSA) is 40.5 Å². The van der Waals surface area contributed by atoms with Crippen LogP contribution in [0.4, 0.5) is 0 Å². The fraction of sp³-hybridized carbons (Fsp3) is 0.462. The molecule has 0 aliphatic carbocycles. The molecule has 0 spiro atoms. The molecule has 1 aromatic rings. The molecule has 1 amide bonds. The van der Waals surface area contributed by atoms with E-state index in [0.29, 0.717) is 17.1 Å². The minimum absolute atomic E-state index is 0.0194. The number of rotatable bonds is 3. The molecule has 0 unspecified atom stereocenters. The molecule has 0 saturated carbocycles. The second kappa shape index (κ2) is 5.95. The van der Waals surface area contributed by atoms with Gasteiger partial charge in [-0.05, 0) is 37.3 Å². The number of nitrogens with zero attached hydrogens (tertiary/aromatic N) is 1. The van der Waals surface area contributed by atoms with Gasteiger partial charge in [0.05, 0.1) is 23.2 Å². The van der Waals surface area contributed by atoms with Crippen LogP contribution in [0, 0.1) is 0 Å². The molecule has 3 nitrogen and oxygen atoms in total. The van der Waals surface area contributed by atoms with Gasteiger partial charge >= 0.3 is 0 Å². The van der Waals surface area contributed by atoms with E-state index in [1.54, 1.807) is 22.7 Å². The Kier molecular flexibility index (Phi) is 4.54. The Balaban J connectivity index is 2.27. The molecule has 0 bridgehead atoms. The fourth-order valence-electron chi connectivity index (χ4n) is 2.24. The lowest BCUT2D eigenvalue weighted by molar-refractivity contribution is 0.0677. The third-order valence-electron chi connectivity index (χ3n) is 3.25. The number of aliphatic hydroxyl groups excluding tert-OH is 1. The number of likely N-dealkylation sites (tertiary alicyclic amines) is 1. The number of carbonyl (C=O) groups excluding carboxylic acids is 1. The van der Waals surface area contributed by atoms with Crippen LogP contribution in [0.25, 0.3) is 0 Å². The second-order valence-electron chi connectivity index (χ2n) is 4.32. The van der Waals surface area contributed by atoms with Gasteiger partial charge in [-0.15, -0.1) is 11.8 Å². The van der Waals surface area contributed by atoms with Gasteiger partial charge in [-0.3, -0.25) is 4.79 Å². The molecular formula is C13H16ClNO2S. The van der Waals surface area contributed by atoms with Crippen LogP contribution in [0.5, 0.6) is 0 Å². The van der Waals surface area contributed by atoms with Crippen LogP contribution in [0.15, 0.2) is 23.1 Å². The lowest BCUT2D eigenvalue weighted by atomic mass is 10.1. The first-order chi connectivity index (χ1) is 8.67. The predicted molar refractivity (Wildman–Crippen MR) is 74.4 cm³/mol. The molecule has 18 heavy (non-hydrogen) atoms. The zero-order valence-electron chi connectivity index (χ0n) is 10.2. The maximum Gasteiger partial charge on any atom is 0.255 e. The van der Waals surface area contributed by atoms with E-state index in [9.17, 15) is 9.90 Å². The number of aliphatic hydroxyl groups is 1. The van der Waals surface area contributed by atoms with E-state index in [2.05, 4.69) is 0 Å². The second-order valence-corrected chi connectivity index (χ2v) is 5.61. The van der Waals surface area contributed by atoms with Crippen molar-refractivity contribution in [2.75, 3.05) is 19.4 Å². The van der Waals surface area contributed by atoms with Crippen molar-refractivity contribution in [3.05, 3.63) is 28.8 Å². The van der Waals surface area contributed by atoms with Crippen LogP contribution >= 0.6 is 23.4 Å². The number of benzene rings is 1. The summed E-state index contributed by atoms with van der Waals surface area (Å²) in [6.07, 6.45) is 3.77. The third kappa shape index (κ3) is 2.66. The summed E-state index contributed by atoms with van der Waals surface area (Å²) in [6, 6.07) is 5.41. The molecule has 0 aromatic heterocycles. The molecule has 1 saturated heterocycles. The monoisotopic (exact) mass is 285 g/mol. The van der Waals surface area contributed by atoms with Gasteiger partial charge < -0.3 is 10.0 Å². The first kappa shape index (κ1) is 13.7. The molecule has 2 rings (SSSR count). The standard InChI is InChI=1S/C13H16ClNO2S/c1-18-10-4-5-12(14)11(7-10)13(17)15-6-2-3-9(15)8-16/h4-5,7,9,16H,2-3,6,8H2,1H3/t9-/m1/s1. The van der Waals surface area contributed by atoms with Gasteiger partial charge in [0.25, 0.3) is 5.91 Å². The number of hydrogen-bond acceptors (Lipinski definition) is 3. The van der Waals surface area contributed by atoms with Gasteiger partial charge in [-0.1, -0.05) is 11.6 Å². The van der Waals surface area contributed by atoms with Crippen molar-refractivity contribution < 1.29 is 9.90 Å². The average molecular weight is 286 g/mol. The molecule has 1 aliphatic rings. The molecule has 5 heteroatoms. The average Bonchev–Trinajstić information content (AvgIpc) is 2.86. The number of amides is 1. The Bertz CT molecular complexity index is 453. The van der Waals surface area contributed by atoms with Gasteiger partial charge in [0.2, 0.25) is 0 Å². The van der Waals surface area contributed by atoms with Gasteiger partial charge in [0.1, 0.15) is 0 Å². The first-order valence-corrected chi connectivity index (χ1v) is 7.53. The Morgan fingerprint density at radius 1 is 1.61 bits per heavy atom. The van der Waals surface area contributed by atoms with Crippen molar-refractivity contribution in [1.29, 1.82) is 0 Å². The van der Waals surface area contributed by atoms with Crippen LogP contribution in [0.2, 0.25) is 5.02 Å². The zero-order valence-corrected chi connectivity index (χ0v) is 11.8. The fourth-order valence-corrected chi connectivity index (χ4v) is 2.88. The van der Waals surface area contributed by atoms with Crippen LogP contribution in [0.1, 0.15) is 23.2 Å². The van der Waals surface area contributed by atoms with E-state index >= 15 is 0 Å². The van der Waals surface area contributed by atoms with Gasteiger partial charge in [-0.2, -0.15) is 0 Å². The Morgan fingerprint density at radius 3 is 3.06 bits per heavy atom. The maximum atomic E-state index is 12.4. The molecule has 1 N–H and O–H groups in total. The summed E-state index contributed by atoms with van der Waals surface area (Å²) in [7, 11) is 0. The molecule has 1 aliphatic heterocycles. The summed E-state index contributed by atoms with van der Waals surface area (Å²) >= 11 is 7.68. The van der Waals surface area contributed by atoms with E-state index in [0.717, 1.165) is 17.7 Å². The van der Waals surface area contributed by atoms with E-state index < -0.39 is 0 Å². The van der Waals surface area contributed by atoms with Gasteiger partial charge in [0.15, 0.2) is 0 Å². The maximum absolute atomic E-state index is 12.4. The van der Waals surface area contributed by atoms with Gasteiger partial charge in [-0.25, -0.2) is 0 Å². The Morgan fingerprint density at radius 2 is 2.39 bits per heavy atom. The van der Waals surface area contributed by atoms with Crippen molar-refractivity contribution >= 4 is 29.3 Å². The van der Waals surface area contributed by atoms with Crippen LogP contribution in [0.3, 0.4) is 0 Å². The minimum atomic E-state index is -0.0764. The van der Waals surface area contributed by atoms with Gasteiger partial charge in [0, 0.05) is 11.4 Å². The summed E-state index contributed by atoms with van der Waals surface area (Å²) in [4.78, 5) is 15.2. The number of carbonyl (C=O) groups is 1. The van der Waals surface area contributed by atoms with E-state index in [-0.39, 0.29) is 18.6 Å². The molecule has 1 aromatic carbocycles. The summed E-state index contributed by atoms with van der Waals surface area (Å²) in [5.41, 5.74) is 0.531. The highest BCUT2D eigenvalue weighted by Gasteiger charge is 2.29. The summed E-state index contributed by atoms with van der Waals surface area (Å²) in [5, 5.41) is 9.74. The number of thioether (sulfide) groups is 1. The summed E-state index contributed by atoms with van der Waals surface area (Å²) < 4.78 is 0. The lowest BCUT2D eigenvalue weighted by Crippen LogP contribution is -2.37. The highest BCUT2D eigenvalue weighted by Crippen LogP contribution is 2.27. The van der Waals surface area contributed by atoms with Crippen LogP contribution in [-0.2, 0) is 0 Å². The van der Waals surface area contributed by atoms with Crippen molar-refractivity contribution in [3.8, 4) is 0 Å². The lowest BCUT2D eigenvalue weighted by Gasteiger charge is -2.23. The molecule has 98 valence electrons. The SMILES string of the molecule is CSc1ccc(Cl)c(C(=O)N2CCC[C@@H]2CO)c1. The summed E-state index contributed by atoms with van der Waals surface area (Å²) in [5.74, 6) is -0.0764. The van der Waals surface area contributed by atoms with E-state index in [4.69, 9.17) is 11.6 Å². The molecule has 0 radical (unpaired) electrons. The van der Waals surface area contributed by atoms with Crippen molar-refractivity contribution in [1.82, 2.24) is 4.90 Å². The van der Waals surface area contributed by atoms with Crippen molar-refractivity contribution in [2.24, 2.45) is 0 Å². The molecule has 1 fully saturated rings. The quantitative estimate of drug-likeness (QED) is 0.868. The first-order valence-electron chi connectivity index (χ1n) is 5.92. The molecule has 1 atom stereocenters. The smallest absolute Gasteiger partial charge is 0.255 e. The molecule has 1 heterocycles. The molecular weight excluding hydrogens is 270 g/mol. The predicted octanol–water partition coefficient (Wildman–Crippen LogP) is 2.66. The van der Waals surface area contributed by atoms with E-state index in [1.165, 1.54) is 0 Å². The Labute approximate surface area is 116 Å². The highest BCUT2D eigenvalue weighted by atomic mass is 35.5. The normalized spacial score (nSPS) is 19.3. The summed E-state index contributed by atoms with van der Waals surface area (Å²) in [6.45, 7) is 0.718. The van der Waals surface area contributed by atoms with Crippen LogP contribution in [-0.4, -0.2) is 41.4 Å². The van der Waals surface area contributed by atoms with Crippen molar-refractivity contribution in [2.45, 2.75) is 23.8 Å². The Hall–Kier alpha value is -0.710. The largest absolute Gasteiger partial charge is 0.394 e. The van der Waals surface area contributed by atoms with Crippen LogP contribution < -0.4 is 0 Å². The third-order valence-corrected chi connectivity index (χ3v) is 4.31. The number of hydrogen-bond donors (Lipinski definition) is 1. The number of halogens is 1. The van der Waals surface area contributed by atoms with Crippen molar-refractivity contribution in [3.63, 3.8) is 0 Å².